The van der Waals surface area contributed by atoms with Crippen molar-refractivity contribution in [2.24, 2.45) is 4.99 Å². The van der Waals surface area contributed by atoms with Crippen LogP contribution < -0.4 is 16.0 Å². The molecular weight excluding hydrogens is 532 g/mol. The number of nitrogens with one attached hydrogen (secondary N) is 3. The molecule has 1 aliphatic rings. The van der Waals surface area contributed by atoms with Gasteiger partial charge in [-0.3, -0.25) is 4.79 Å². The largest absolute Gasteiger partial charge is 0.357 e. The maximum absolute atomic E-state index is 14.3. The number of guanidine groups is 1. The summed E-state index contributed by atoms with van der Waals surface area (Å²) in [4.78, 5) is 19.1. The smallest absolute Gasteiger partial charge is 0.251 e. The third-order valence-electron chi connectivity index (χ3n) is 5.69. The van der Waals surface area contributed by atoms with E-state index in [-0.39, 0.29) is 41.1 Å². The molecule has 2 aromatic carbocycles. The number of aliphatic imine (C=N–C) groups is 1. The molecule has 1 fully saturated rings. The highest BCUT2D eigenvalue weighted by Gasteiger charge is 2.45. The van der Waals surface area contributed by atoms with Crippen molar-refractivity contribution in [2.45, 2.75) is 31.7 Å². The van der Waals surface area contributed by atoms with Crippen molar-refractivity contribution >= 4 is 35.8 Å². The van der Waals surface area contributed by atoms with Gasteiger partial charge in [0.15, 0.2) is 5.96 Å². The summed E-state index contributed by atoms with van der Waals surface area (Å²) in [7, 11) is 3.95. The molecule has 0 spiro atoms. The summed E-state index contributed by atoms with van der Waals surface area (Å²) in [6.07, 6.45) is 1.93. The summed E-state index contributed by atoms with van der Waals surface area (Å²) in [5, 5.41) is 9.57. The molecule has 0 atom stereocenters. The van der Waals surface area contributed by atoms with Crippen LogP contribution in [0.5, 0.6) is 0 Å². The van der Waals surface area contributed by atoms with Gasteiger partial charge in [0.05, 0.1) is 6.54 Å². The Kier molecular flexibility index (Phi) is 10.6. The van der Waals surface area contributed by atoms with Crippen LogP contribution in [-0.2, 0) is 12.0 Å². The minimum Gasteiger partial charge on any atom is -0.357 e. The minimum absolute atomic E-state index is 0. The fraction of sp³-hybridized carbons (Fsp3) is 0.440. The average molecular weight is 567 g/mol. The Morgan fingerprint density at radius 2 is 1.85 bits per heavy atom. The minimum atomic E-state index is -0.161. The first-order valence-corrected chi connectivity index (χ1v) is 11.2. The first-order valence-electron chi connectivity index (χ1n) is 11.2. The predicted octanol–water partition coefficient (Wildman–Crippen LogP) is 3.52. The van der Waals surface area contributed by atoms with E-state index in [1.165, 1.54) is 6.07 Å². The summed E-state index contributed by atoms with van der Waals surface area (Å²) >= 11 is 0. The molecule has 1 saturated carbocycles. The van der Waals surface area contributed by atoms with Crippen LogP contribution in [0.4, 0.5) is 4.39 Å². The fourth-order valence-corrected chi connectivity index (χ4v) is 3.65. The van der Waals surface area contributed by atoms with E-state index in [9.17, 15) is 9.18 Å². The number of carbonyl (C=O) groups excluding carboxylic acids is 1. The normalized spacial score (nSPS) is 14.4. The standard InChI is InChI=1S/C25H34FN5O.HI/c1-4-27-24(30-18-25(12-13-25)21-10-5-6-11-22(21)26)29-17-19-8-7-9-20(16-19)23(32)28-14-15-31(2)3;/h5-11,16H,4,12-15,17-18H2,1-3H3,(H,28,32)(H2,27,29,30);1H. The van der Waals surface area contributed by atoms with Crippen LogP contribution in [0.25, 0.3) is 0 Å². The Hall–Kier alpha value is -2.20. The second kappa shape index (κ2) is 12.9. The maximum Gasteiger partial charge on any atom is 0.251 e. The van der Waals surface area contributed by atoms with Crippen molar-refractivity contribution in [3.8, 4) is 0 Å². The number of likely N-dealkylation sites (N-methyl/N-ethyl adjacent to an activating group) is 1. The van der Waals surface area contributed by atoms with E-state index in [4.69, 9.17) is 0 Å². The lowest BCUT2D eigenvalue weighted by Crippen LogP contribution is -2.41. The summed E-state index contributed by atoms with van der Waals surface area (Å²) in [5.74, 6) is 0.466. The van der Waals surface area contributed by atoms with E-state index in [1.54, 1.807) is 6.07 Å². The Bertz CT molecular complexity index is 946. The monoisotopic (exact) mass is 567 g/mol. The van der Waals surface area contributed by atoms with Gasteiger partial charge in [-0.05, 0) is 63.2 Å². The van der Waals surface area contributed by atoms with Gasteiger partial charge in [0, 0.05) is 37.2 Å². The molecule has 1 aliphatic carbocycles. The third-order valence-corrected chi connectivity index (χ3v) is 5.69. The summed E-state index contributed by atoms with van der Waals surface area (Å²) in [6, 6.07) is 14.6. The number of benzene rings is 2. The topological polar surface area (TPSA) is 68.8 Å². The van der Waals surface area contributed by atoms with Gasteiger partial charge in [-0.15, -0.1) is 24.0 Å². The van der Waals surface area contributed by atoms with Crippen LogP contribution in [0.2, 0.25) is 0 Å². The van der Waals surface area contributed by atoms with E-state index in [0.717, 1.165) is 37.1 Å². The third kappa shape index (κ3) is 7.96. The zero-order valence-corrected chi connectivity index (χ0v) is 22.0. The first-order chi connectivity index (χ1) is 15.4. The van der Waals surface area contributed by atoms with E-state index < -0.39 is 0 Å². The summed E-state index contributed by atoms with van der Waals surface area (Å²) in [6.45, 7) is 5.22. The average Bonchev–Trinajstić information content (AvgIpc) is 3.57. The predicted molar refractivity (Wildman–Crippen MR) is 143 cm³/mol. The van der Waals surface area contributed by atoms with Gasteiger partial charge in [0.25, 0.3) is 5.91 Å². The molecule has 0 saturated heterocycles. The molecule has 1 amide bonds. The van der Waals surface area contributed by atoms with Crippen molar-refractivity contribution in [2.75, 3.05) is 40.3 Å². The highest BCUT2D eigenvalue weighted by molar-refractivity contribution is 14.0. The molecule has 0 unspecified atom stereocenters. The molecule has 3 rings (SSSR count). The zero-order chi connectivity index (χ0) is 23.0. The quantitative estimate of drug-likeness (QED) is 0.234. The Morgan fingerprint density at radius 1 is 1.09 bits per heavy atom. The number of hydrogen-bond donors (Lipinski definition) is 3. The number of rotatable bonds is 10. The number of halogens is 2. The van der Waals surface area contributed by atoms with Gasteiger partial charge in [0.1, 0.15) is 5.82 Å². The van der Waals surface area contributed by atoms with Crippen LogP contribution in [-0.4, -0.2) is 57.0 Å². The molecule has 180 valence electrons. The lowest BCUT2D eigenvalue weighted by molar-refractivity contribution is 0.0951. The van der Waals surface area contributed by atoms with E-state index >= 15 is 0 Å². The summed E-state index contributed by atoms with van der Waals surface area (Å²) in [5.41, 5.74) is 2.20. The lowest BCUT2D eigenvalue weighted by atomic mass is 9.95. The molecule has 0 aromatic heterocycles. The molecule has 0 bridgehead atoms. The van der Waals surface area contributed by atoms with Gasteiger partial charge >= 0.3 is 0 Å². The molecule has 6 nitrogen and oxygen atoms in total. The SMILES string of the molecule is CCNC(=NCc1cccc(C(=O)NCCN(C)C)c1)NCC1(c2ccccc2F)CC1.I. The van der Waals surface area contributed by atoms with Crippen molar-refractivity contribution in [3.05, 3.63) is 71.0 Å². The summed E-state index contributed by atoms with van der Waals surface area (Å²) < 4.78 is 14.3. The van der Waals surface area contributed by atoms with Gasteiger partial charge in [-0.25, -0.2) is 9.38 Å². The van der Waals surface area contributed by atoms with Crippen LogP contribution in [0.1, 0.15) is 41.3 Å². The van der Waals surface area contributed by atoms with Gasteiger partial charge in [-0.1, -0.05) is 30.3 Å². The Balaban J connectivity index is 0.00000385. The Morgan fingerprint density at radius 3 is 2.52 bits per heavy atom. The second-order valence-corrected chi connectivity index (χ2v) is 8.57. The molecule has 2 aromatic rings. The van der Waals surface area contributed by atoms with E-state index in [0.29, 0.717) is 31.2 Å². The van der Waals surface area contributed by atoms with E-state index in [2.05, 4.69) is 20.9 Å². The van der Waals surface area contributed by atoms with Crippen molar-refractivity contribution in [1.82, 2.24) is 20.9 Å². The molecule has 33 heavy (non-hydrogen) atoms. The molecule has 0 heterocycles. The lowest BCUT2D eigenvalue weighted by Gasteiger charge is -2.19. The number of amides is 1. The number of carbonyl (C=O) groups is 1. The number of hydrogen-bond acceptors (Lipinski definition) is 3. The molecular formula is C25H35FIN5O. The maximum atomic E-state index is 14.3. The second-order valence-electron chi connectivity index (χ2n) is 8.57. The molecule has 0 radical (unpaired) electrons. The number of nitrogens with zero attached hydrogens (tertiary/aromatic N) is 2. The van der Waals surface area contributed by atoms with Gasteiger partial charge in [0.2, 0.25) is 0 Å². The first kappa shape index (κ1) is 27.0. The van der Waals surface area contributed by atoms with Crippen molar-refractivity contribution in [3.63, 3.8) is 0 Å². The van der Waals surface area contributed by atoms with E-state index in [1.807, 2.05) is 62.3 Å². The van der Waals surface area contributed by atoms with Crippen molar-refractivity contribution in [1.29, 1.82) is 0 Å². The highest BCUT2D eigenvalue weighted by atomic mass is 127. The fourth-order valence-electron chi connectivity index (χ4n) is 3.65. The van der Waals surface area contributed by atoms with Gasteiger partial charge in [-0.2, -0.15) is 0 Å². The van der Waals surface area contributed by atoms with Gasteiger partial charge < -0.3 is 20.9 Å². The molecule has 3 N–H and O–H groups in total. The highest BCUT2D eigenvalue weighted by Crippen LogP contribution is 2.48. The molecule has 8 heteroatoms. The van der Waals surface area contributed by atoms with Crippen LogP contribution >= 0.6 is 24.0 Å². The Labute approximate surface area is 213 Å². The molecule has 0 aliphatic heterocycles. The van der Waals surface area contributed by atoms with Crippen LogP contribution in [0.15, 0.2) is 53.5 Å². The van der Waals surface area contributed by atoms with Crippen molar-refractivity contribution < 1.29 is 9.18 Å². The van der Waals surface area contributed by atoms with Crippen LogP contribution in [0.3, 0.4) is 0 Å². The van der Waals surface area contributed by atoms with Crippen LogP contribution in [0, 0.1) is 5.82 Å². The zero-order valence-electron chi connectivity index (χ0n) is 19.7.